The summed E-state index contributed by atoms with van der Waals surface area (Å²) >= 11 is 0. The summed E-state index contributed by atoms with van der Waals surface area (Å²) in [5, 5.41) is 17.4. The van der Waals surface area contributed by atoms with Gasteiger partial charge >= 0.3 is 0 Å². The molecule has 0 amide bonds. The second-order valence-corrected chi connectivity index (χ2v) is 11.8. The highest BCUT2D eigenvalue weighted by Gasteiger charge is 2.15. The van der Waals surface area contributed by atoms with Crippen LogP contribution in [0.2, 0.25) is 0 Å². The van der Waals surface area contributed by atoms with Crippen molar-refractivity contribution in [2.45, 2.75) is 159 Å². The number of nitrogens with one attached hydrogen (secondary N) is 3. The van der Waals surface area contributed by atoms with Crippen molar-refractivity contribution >= 4 is 17.7 Å². The first kappa shape index (κ1) is 45.5. The standard InChI is InChI=1S/C21H35NO.C12H17N.C4H7F.C2H5N.C2H6/c1-6-11-21(23)20-13-17(12-18(9-4)19(20)10-5)15-22-14-16(7-2)8-3;1-3-5-12(13)9-11-7-4-6-10(2)8-11;5-4-2-1-3-4;1-2-3;1-2/h12-13,16,22H,6-11,14-15H2,1-5H3;4,6-8,13H,3,5,9H2,1-2H3;4H,1-3H2;2-3H,1H3;1-2H3. The van der Waals surface area contributed by atoms with Gasteiger partial charge in [-0.2, -0.15) is 0 Å². The first-order valence-corrected chi connectivity index (χ1v) is 18.2. The molecule has 0 atom stereocenters. The molecule has 0 unspecified atom stereocenters. The molecule has 0 bridgehead atoms. The maximum atomic E-state index is 12.5. The van der Waals surface area contributed by atoms with E-state index in [-0.39, 0.29) is 0 Å². The zero-order valence-corrected chi connectivity index (χ0v) is 31.4. The third-order valence-corrected chi connectivity index (χ3v) is 7.92. The fourth-order valence-corrected chi connectivity index (χ4v) is 5.06. The smallest absolute Gasteiger partial charge is 0.163 e. The molecular weight excluding hydrogens is 569 g/mol. The summed E-state index contributed by atoms with van der Waals surface area (Å²) in [6.07, 6.45) is 12.3. The SMILES string of the molecule is CC.CC=N.CCCC(=N)Cc1cccc(C)c1.CCCC(=O)c1cc(CNCC(CC)CC)cc(CC)c1CC.FC1CCC1. The zero-order chi connectivity index (χ0) is 35.3. The lowest BCUT2D eigenvalue weighted by atomic mass is 9.91. The lowest BCUT2D eigenvalue weighted by molar-refractivity contribution is 0.0980. The summed E-state index contributed by atoms with van der Waals surface area (Å²) in [6.45, 7) is 22.7. The van der Waals surface area contributed by atoms with Crippen LogP contribution in [0, 0.1) is 23.7 Å². The molecule has 0 aromatic heterocycles. The van der Waals surface area contributed by atoms with E-state index in [2.05, 4.69) is 90.2 Å². The Morgan fingerprint density at radius 2 is 1.54 bits per heavy atom. The number of carbonyl (C=O) groups is 1. The molecule has 4 nitrogen and oxygen atoms in total. The van der Waals surface area contributed by atoms with E-state index in [0.717, 1.165) is 88.1 Å². The van der Waals surface area contributed by atoms with Crippen LogP contribution in [0.25, 0.3) is 0 Å². The van der Waals surface area contributed by atoms with E-state index >= 15 is 0 Å². The molecule has 1 aliphatic carbocycles. The summed E-state index contributed by atoms with van der Waals surface area (Å²) < 4.78 is 11.5. The largest absolute Gasteiger partial charge is 0.313 e. The summed E-state index contributed by atoms with van der Waals surface area (Å²) in [4.78, 5) is 12.5. The highest BCUT2D eigenvalue weighted by molar-refractivity contribution is 5.98. The maximum Gasteiger partial charge on any atom is 0.163 e. The molecule has 3 rings (SSSR count). The van der Waals surface area contributed by atoms with Crippen LogP contribution in [-0.4, -0.2) is 30.4 Å². The van der Waals surface area contributed by atoms with Crippen LogP contribution in [0.3, 0.4) is 0 Å². The first-order valence-electron chi connectivity index (χ1n) is 18.2. The van der Waals surface area contributed by atoms with Crippen molar-refractivity contribution in [2.75, 3.05) is 6.54 Å². The van der Waals surface area contributed by atoms with Crippen LogP contribution in [0.5, 0.6) is 0 Å². The van der Waals surface area contributed by atoms with Crippen molar-refractivity contribution in [3.05, 3.63) is 69.8 Å². The maximum absolute atomic E-state index is 12.5. The second kappa shape index (κ2) is 29.7. The van der Waals surface area contributed by atoms with Crippen LogP contribution in [0.15, 0.2) is 36.4 Å². The molecule has 0 radical (unpaired) electrons. The Bertz CT molecular complexity index is 1070. The fourth-order valence-electron chi connectivity index (χ4n) is 5.06. The van der Waals surface area contributed by atoms with E-state index in [1.807, 2.05) is 13.8 Å². The van der Waals surface area contributed by atoms with E-state index < -0.39 is 6.17 Å². The molecule has 2 aromatic rings. The normalized spacial score (nSPS) is 11.7. The summed E-state index contributed by atoms with van der Waals surface area (Å²) in [5.74, 6) is 1.05. The summed E-state index contributed by atoms with van der Waals surface area (Å²) in [6, 6.07) is 12.8. The topological polar surface area (TPSA) is 76.8 Å². The number of aryl methyl sites for hydroxylation is 2. The van der Waals surface area contributed by atoms with Gasteiger partial charge in [0.15, 0.2) is 5.78 Å². The van der Waals surface area contributed by atoms with Crippen molar-refractivity contribution < 1.29 is 9.18 Å². The van der Waals surface area contributed by atoms with Gasteiger partial charge in [-0.25, -0.2) is 4.39 Å². The molecule has 0 heterocycles. The molecule has 0 spiro atoms. The predicted octanol–water partition coefficient (Wildman–Crippen LogP) is 11.9. The Morgan fingerprint density at radius 1 is 0.957 bits per heavy atom. The van der Waals surface area contributed by atoms with Gasteiger partial charge in [-0.15, -0.1) is 0 Å². The first-order chi connectivity index (χ1) is 22.1. The van der Waals surface area contributed by atoms with Gasteiger partial charge < -0.3 is 16.1 Å². The third kappa shape index (κ3) is 20.5. The van der Waals surface area contributed by atoms with Crippen molar-refractivity contribution in [1.82, 2.24) is 5.32 Å². The predicted molar refractivity (Wildman–Crippen MR) is 202 cm³/mol. The van der Waals surface area contributed by atoms with Gasteiger partial charge in [0.25, 0.3) is 0 Å². The number of hydrogen-bond acceptors (Lipinski definition) is 4. The molecule has 0 aliphatic heterocycles. The van der Waals surface area contributed by atoms with E-state index in [1.165, 1.54) is 46.9 Å². The molecule has 46 heavy (non-hydrogen) atoms. The van der Waals surface area contributed by atoms with Gasteiger partial charge in [0.05, 0.1) is 0 Å². The zero-order valence-electron chi connectivity index (χ0n) is 31.4. The van der Waals surface area contributed by atoms with E-state index in [9.17, 15) is 9.18 Å². The van der Waals surface area contributed by atoms with Crippen LogP contribution in [0.1, 0.15) is 158 Å². The van der Waals surface area contributed by atoms with Crippen LogP contribution >= 0.6 is 0 Å². The Hall–Kier alpha value is -2.66. The molecule has 2 aromatic carbocycles. The summed E-state index contributed by atoms with van der Waals surface area (Å²) in [7, 11) is 0. The number of hydrogen-bond donors (Lipinski definition) is 3. The number of Topliss-reactive ketones (excluding diaryl/α,β-unsaturated/α-hetero) is 1. The van der Waals surface area contributed by atoms with E-state index in [1.54, 1.807) is 6.92 Å². The molecule has 0 saturated heterocycles. The quantitative estimate of drug-likeness (QED) is 0.134. The minimum atomic E-state index is -0.435. The number of ketones is 1. The number of halogens is 1. The van der Waals surface area contributed by atoms with Crippen LogP contribution < -0.4 is 5.32 Å². The highest BCUT2D eigenvalue weighted by Crippen LogP contribution is 2.22. The molecule has 1 fully saturated rings. The minimum absolute atomic E-state index is 0.306. The monoisotopic (exact) mass is 640 g/mol. The molecule has 1 aliphatic rings. The number of rotatable bonds is 15. The lowest BCUT2D eigenvalue weighted by Crippen LogP contribution is -2.22. The Morgan fingerprint density at radius 3 is 1.98 bits per heavy atom. The third-order valence-electron chi connectivity index (χ3n) is 7.92. The van der Waals surface area contributed by atoms with Crippen molar-refractivity contribution in [2.24, 2.45) is 5.92 Å². The van der Waals surface area contributed by atoms with Crippen molar-refractivity contribution in [1.29, 1.82) is 10.8 Å². The van der Waals surface area contributed by atoms with Crippen LogP contribution in [0.4, 0.5) is 4.39 Å². The Kier molecular flexibility index (Phi) is 29.4. The molecular formula is C41H70FN3O. The highest BCUT2D eigenvalue weighted by atomic mass is 19.1. The minimum Gasteiger partial charge on any atom is -0.313 e. The Labute approximate surface area is 283 Å². The molecule has 1 saturated carbocycles. The molecule has 262 valence electrons. The van der Waals surface area contributed by atoms with E-state index in [4.69, 9.17) is 10.8 Å². The Balaban J connectivity index is 0. The number of alkyl halides is 1. The van der Waals surface area contributed by atoms with Gasteiger partial charge in [-0.1, -0.05) is 111 Å². The van der Waals surface area contributed by atoms with Crippen molar-refractivity contribution in [3.63, 3.8) is 0 Å². The molecule has 5 heteroatoms. The lowest BCUT2D eigenvalue weighted by Gasteiger charge is -2.17. The van der Waals surface area contributed by atoms with Crippen molar-refractivity contribution in [3.8, 4) is 0 Å². The van der Waals surface area contributed by atoms with E-state index in [0.29, 0.717) is 12.2 Å². The average Bonchev–Trinajstić information content (AvgIpc) is 3.04. The second-order valence-electron chi connectivity index (χ2n) is 11.8. The summed E-state index contributed by atoms with van der Waals surface area (Å²) in [5.41, 5.74) is 8.20. The van der Waals surface area contributed by atoms with Gasteiger partial charge in [0.1, 0.15) is 6.17 Å². The fraction of sp³-hybridized carbons (Fsp3) is 0.634. The van der Waals surface area contributed by atoms with Gasteiger partial charge in [0.2, 0.25) is 0 Å². The number of carbonyl (C=O) groups excluding carboxylic acids is 1. The molecule has 3 N–H and O–H groups in total. The van der Waals surface area contributed by atoms with Gasteiger partial charge in [0, 0.05) is 30.7 Å². The average molecular weight is 640 g/mol. The van der Waals surface area contributed by atoms with Gasteiger partial charge in [-0.05, 0) is 106 Å². The number of benzene rings is 2. The van der Waals surface area contributed by atoms with Gasteiger partial charge in [-0.3, -0.25) is 4.79 Å². The van der Waals surface area contributed by atoms with Crippen LogP contribution in [-0.2, 0) is 25.8 Å².